The van der Waals surface area contributed by atoms with Crippen molar-refractivity contribution in [3.63, 3.8) is 0 Å². The van der Waals surface area contributed by atoms with Gasteiger partial charge in [-0.3, -0.25) is 4.79 Å². The number of amides is 1. The third-order valence-electron chi connectivity index (χ3n) is 4.10. The monoisotopic (exact) mass is 276 g/mol. The molecule has 0 aliphatic carbocycles. The average molecular weight is 276 g/mol. The van der Waals surface area contributed by atoms with Crippen LogP contribution in [-0.4, -0.2) is 25.7 Å². The van der Waals surface area contributed by atoms with Crippen LogP contribution in [0.5, 0.6) is 0 Å². The van der Waals surface area contributed by atoms with E-state index < -0.39 is 0 Å². The normalized spacial score (nSPS) is 17.7. The van der Waals surface area contributed by atoms with E-state index in [1.165, 1.54) is 0 Å². The Hall–Kier alpha value is -1.39. The number of ether oxygens (including phenoxy) is 1. The van der Waals surface area contributed by atoms with E-state index in [0.717, 1.165) is 43.7 Å². The summed E-state index contributed by atoms with van der Waals surface area (Å²) in [5.41, 5.74) is 7.92. The second-order valence-electron chi connectivity index (χ2n) is 5.85. The SMILES string of the molecule is CC1(CNC(=O)Cc2ccccc2CN)CCOCC1. The van der Waals surface area contributed by atoms with Crippen molar-refractivity contribution in [2.45, 2.75) is 32.7 Å². The van der Waals surface area contributed by atoms with Crippen LogP contribution >= 0.6 is 0 Å². The van der Waals surface area contributed by atoms with Gasteiger partial charge in [0, 0.05) is 26.3 Å². The molecule has 0 bridgehead atoms. The van der Waals surface area contributed by atoms with Crippen LogP contribution in [0.25, 0.3) is 0 Å². The average Bonchev–Trinajstić information content (AvgIpc) is 2.47. The molecule has 4 nitrogen and oxygen atoms in total. The molecule has 3 N–H and O–H groups in total. The van der Waals surface area contributed by atoms with Gasteiger partial charge < -0.3 is 15.8 Å². The van der Waals surface area contributed by atoms with E-state index in [0.29, 0.717) is 13.0 Å². The molecule has 1 amide bonds. The van der Waals surface area contributed by atoms with Crippen molar-refractivity contribution in [2.24, 2.45) is 11.1 Å². The van der Waals surface area contributed by atoms with Crippen LogP contribution in [0, 0.1) is 5.41 Å². The summed E-state index contributed by atoms with van der Waals surface area (Å²) in [7, 11) is 0. The van der Waals surface area contributed by atoms with Gasteiger partial charge in [0.2, 0.25) is 5.91 Å². The first kappa shape index (κ1) is 15.0. The maximum Gasteiger partial charge on any atom is 0.224 e. The summed E-state index contributed by atoms with van der Waals surface area (Å²) >= 11 is 0. The first-order valence-corrected chi connectivity index (χ1v) is 7.24. The van der Waals surface area contributed by atoms with Gasteiger partial charge in [0.15, 0.2) is 0 Å². The van der Waals surface area contributed by atoms with Gasteiger partial charge in [-0.2, -0.15) is 0 Å². The molecule has 0 radical (unpaired) electrons. The lowest BCUT2D eigenvalue weighted by Gasteiger charge is -2.33. The van der Waals surface area contributed by atoms with E-state index >= 15 is 0 Å². The standard InChI is InChI=1S/C16H24N2O2/c1-16(6-8-20-9-7-16)12-18-15(19)10-13-4-2-3-5-14(13)11-17/h2-5H,6-12,17H2,1H3,(H,18,19). The van der Waals surface area contributed by atoms with Crippen LogP contribution in [0.15, 0.2) is 24.3 Å². The number of carbonyl (C=O) groups is 1. The summed E-state index contributed by atoms with van der Waals surface area (Å²) in [5, 5.41) is 3.06. The van der Waals surface area contributed by atoms with Gasteiger partial charge in [0.05, 0.1) is 6.42 Å². The molecule has 110 valence electrons. The highest BCUT2D eigenvalue weighted by molar-refractivity contribution is 5.79. The molecule has 1 aliphatic rings. The van der Waals surface area contributed by atoms with Gasteiger partial charge in [0.1, 0.15) is 0 Å². The van der Waals surface area contributed by atoms with E-state index in [4.69, 9.17) is 10.5 Å². The van der Waals surface area contributed by atoms with Crippen LogP contribution in [-0.2, 0) is 22.5 Å². The summed E-state index contributed by atoms with van der Waals surface area (Å²) in [6.07, 6.45) is 2.42. The zero-order valence-corrected chi connectivity index (χ0v) is 12.2. The summed E-state index contributed by atoms with van der Waals surface area (Å²) in [6.45, 7) is 4.99. The Morgan fingerprint density at radius 3 is 2.60 bits per heavy atom. The quantitative estimate of drug-likeness (QED) is 0.859. The minimum atomic E-state index is 0.0682. The van der Waals surface area contributed by atoms with Crippen molar-refractivity contribution in [1.82, 2.24) is 5.32 Å². The smallest absolute Gasteiger partial charge is 0.224 e. The van der Waals surface area contributed by atoms with E-state index in [-0.39, 0.29) is 11.3 Å². The van der Waals surface area contributed by atoms with Gasteiger partial charge in [0.25, 0.3) is 0 Å². The molecule has 1 saturated heterocycles. The summed E-state index contributed by atoms with van der Waals surface area (Å²) in [4.78, 5) is 12.1. The van der Waals surface area contributed by atoms with Crippen LogP contribution < -0.4 is 11.1 Å². The van der Waals surface area contributed by atoms with Crippen LogP contribution in [0.4, 0.5) is 0 Å². The Kier molecular flexibility index (Phi) is 5.15. The summed E-state index contributed by atoms with van der Waals surface area (Å²) < 4.78 is 5.37. The van der Waals surface area contributed by atoms with Crippen LogP contribution in [0.1, 0.15) is 30.9 Å². The third-order valence-corrected chi connectivity index (χ3v) is 4.10. The highest BCUT2D eigenvalue weighted by Crippen LogP contribution is 2.28. The van der Waals surface area contributed by atoms with Crippen molar-refractivity contribution in [3.8, 4) is 0 Å². The zero-order chi connectivity index (χ0) is 14.4. The molecule has 0 spiro atoms. The van der Waals surface area contributed by atoms with E-state index in [1.807, 2.05) is 24.3 Å². The molecule has 0 aromatic heterocycles. The molecule has 20 heavy (non-hydrogen) atoms. The minimum Gasteiger partial charge on any atom is -0.381 e. The lowest BCUT2D eigenvalue weighted by atomic mass is 9.82. The predicted molar refractivity (Wildman–Crippen MR) is 79.2 cm³/mol. The number of hydrogen-bond acceptors (Lipinski definition) is 3. The van der Waals surface area contributed by atoms with Gasteiger partial charge >= 0.3 is 0 Å². The van der Waals surface area contributed by atoms with Gasteiger partial charge in [-0.15, -0.1) is 0 Å². The topological polar surface area (TPSA) is 64.4 Å². The number of nitrogens with one attached hydrogen (secondary N) is 1. The molecule has 1 aromatic carbocycles. The fourth-order valence-corrected chi connectivity index (χ4v) is 2.52. The van der Waals surface area contributed by atoms with Gasteiger partial charge in [-0.1, -0.05) is 31.2 Å². The summed E-state index contributed by atoms with van der Waals surface area (Å²) in [6, 6.07) is 7.84. The molecule has 1 fully saturated rings. The maximum atomic E-state index is 12.1. The molecular weight excluding hydrogens is 252 g/mol. The Morgan fingerprint density at radius 2 is 1.95 bits per heavy atom. The molecular formula is C16H24N2O2. The minimum absolute atomic E-state index is 0.0682. The molecule has 2 rings (SSSR count). The molecule has 0 atom stereocenters. The van der Waals surface area contributed by atoms with Gasteiger partial charge in [-0.05, 0) is 29.4 Å². The molecule has 1 heterocycles. The highest BCUT2D eigenvalue weighted by atomic mass is 16.5. The zero-order valence-electron chi connectivity index (χ0n) is 12.2. The Balaban J connectivity index is 1.86. The van der Waals surface area contributed by atoms with Crippen molar-refractivity contribution in [2.75, 3.05) is 19.8 Å². The fourth-order valence-electron chi connectivity index (χ4n) is 2.52. The first-order valence-electron chi connectivity index (χ1n) is 7.24. The number of nitrogens with two attached hydrogens (primary N) is 1. The van der Waals surface area contributed by atoms with Crippen molar-refractivity contribution in [1.29, 1.82) is 0 Å². The Morgan fingerprint density at radius 1 is 1.30 bits per heavy atom. The second kappa shape index (κ2) is 6.86. The van der Waals surface area contributed by atoms with E-state index in [2.05, 4.69) is 12.2 Å². The Labute approximate surface area is 120 Å². The van der Waals surface area contributed by atoms with Gasteiger partial charge in [-0.25, -0.2) is 0 Å². The Bertz CT molecular complexity index is 454. The largest absolute Gasteiger partial charge is 0.381 e. The lowest BCUT2D eigenvalue weighted by Crippen LogP contribution is -2.40. The molecule has 1 aliphatic heterocycles. The van der Waals surface area contributed by atoms with Crippen LogP contribution in [0.3, 0.4) is 0 Å². The number of hydrogen-bond donors (Lipinski definition) is 2. The molecule has 0 saturated carbocycles. The number of carbonyl (C=O) groups excluding carboxylic acids is 1. The second-order valence-corrected chi connectivity index (χ2v) is 5.85. The van der Waals surface area contributed by atoms with Crippen molar-refractivity contribution < 1.29 is 9.53 Å². The van der Waals surface area contributed by atoms with E-state index in [9.17, 15) is 4.79 Å². The van der Waals surface area contributed by atoms with Crippen LogP contribution in [0.2, 0.25) is 0 Å². The maximum absolute atomic E-state index is 12.1. The third kappa shape index (κ3) is 4.05. The highest BCUT2D eigenvalue weighted by Gasteiger charge is 2.27. The predicted octanol–water partition coefficient (Wildman–Crippen LogP) is 1.62. The molecule has 1 aromatic rings. The summed E-state index contributed by atoms with van der Waals surface area (Å²) in [5.74, 6) is 0.0682. The van der Waals surface area contributed by atoms with Crippen molar-refractivity contribution in [3.05, 3.63) is 35.4 Å². The first-order chi connectivity index (χ1) is 9.63. The number of rotatable bonds is 5. The molecule has 4 heteroatoms. The lowest BCUT2D eigenvalue weighted by molar-refractivity contribution is -0.121. The van der Waals surface area contributed by atoms with Crippen molar-refractivity contribution >= 4 is 5.91 Å². The fraction of sp³-hybridized carbons (Fsp3) is 0.562. The number of benzene rings is 1. The molecule has 0 unspecified atom stereocenters. The van der Waals surface area contributed by atoms with E-state index in [1.54, 1.807) is 0 Å².